The van der Waals surface area contributed by atoms with Gasteiger partial charge in [0, 0.05) is 34.1 Å². The van der Waals surface area contributed by atoms with Crippen molar-refractivity contribution in [2.45, 2.75) is 19.8 Å². The molecule has 0 heterocycles. The Morgan fingerprint density at radius 2 is 0.755 bits per heavy atom. The lowest BCUT2D eigenvalue weighted by molar-refractivity contribution is 0.866. The van der Waals surface area contributed by atoms with Gasteiger partial charge in [-0.15, -0.1) is 0 Å². The fourth-order valence-corrected chi connectivity index (χ4v) is 7.02. The Hall–Kier alpha value is -6.64. The zero-order valence-electron chi connectivity index (χ0n) is 30.2. The maximum atomic E-state index is 2.33. The van der Waals surface area contributed by atoms with Crippen LogP contribution in [0.1, 0.15) is 42.0 Å². The molecular weight excluding hydrogens is 641 g/mol. The van der Waals surface area contributed by atoms with Gasteiger partial charge in [-0.2, -0.15) is 0 Å². The van der Waals surface area contributed by atoms with Crippen molar-refractivity contribution in [3.63, 3.8) is 0 Å². The highest BCUT2D eigenvalue weighted by molar-refractivity contribution is 5.96. The van der Waals surface area contributed by atoms with Crippen LogP contribution in [0.5, 0.6) is 0 Å². The average Bonchev–Trinajstić information content (AvgIpc) is 3.22. The van der Waals surface area contributed by atoms with Crippen molar-refractivity contribution in [3.05, 3.63) is 229 Å². The maximum absolute atomic E-state index is 2.33. The van der Waals surface area contributed by atoms with E-state index in [9.17, 15) is 0 Å². The Morgan fingerprint density at radius 1 is 0.377 bits per heavy atom. The monoisotopic (exact) mass is 682 g/mol. The molecule has 0 aliphatic rings. The fraction of sp³-hybridized carbons (Fsp3) is 0.0588. The molecule has 0 aliphatic carbocycles. The van der Waals surface area contributed by atoms with Gasteiger partial charge in [-0.05, 0) is 129 Å². The van der Waals surface area contributed by atoms with E-state index in [1.807, 2.05) is 0 Å². The Morgan fingerprint density at radius 3 is 1.23 bits per heavy atom. The van der Waals surface area contributed by atoms with Gasteiger partial charge in [0.15, 0.2) is 0 Å². The summed E-state index contributed by atoms with van der Waals surface area (Å²) in [5.74, 6) is 0.475. The highest BCUT2D eigenvalue weighted by atomic mass is 15.1. The van der Waals surface area contributed by atoms with Gasteiger partial charge in [-0.1, -0.05) is 141 Å². The zero-order valence-corrected chi connectivity index (χ0v) is 30.2. The van der Waals surface area contributed by atoms with Crippen LogP contribution in [0.4, 0.5) is 34.1 Å². The summed E-state index contributed by atoms with van der Waals surface area (Å²) in [5, 5.41) is 2.40. The Bertz CT molecular complexity index is 2360. The Balaban J connectivity index is 1.18. The molecule has 0 N–H and O–H groups in total. The summed E-state index contributed by atoms with van der Waals surface area (Å²) in [6, 6.07) is 73.9. The number of fused-ring (bicyclic) bond motifs is 1. The van der Waals surface area contributed by atoms with Gasteiger partial charge < -0.3 is 9.80 Å². The van der Waals surface area contributed by atoms with Crippen molar-refractivity contribution in [2.24, 2.45) is 0 Å². The van der Waals surface area contributed by atoms with Crippen LogP contribution in [-0.2, 0) is 0 Å². The molecule has 2 heteroatoms. The van der Waals surface area contributed by atoms with Crippen molar-refractivity contribution < 1.29 is 0 Å². The number of nitrogens with zero attached hydrogens (tertiary/aromatic N) is 2. The van der Waals surface area contributed by atoms with Crippen LogP contribution in [0, 0.1) is 0 Å². The summed E-state index contributed by atoms with van der Waals surface area (Å²) in [6.07, 6.45) is 2.33. The smallest absolute Gasteiger partial charge is 0.0468 e. The van der Waals surface area contributed by atoms with Crippen molar-refractivity contribution in [1.29, 1.82) is 0 Å². The van der Waals surface area contributed by atoms with Gasteiger partial charge in [-0.3, -0.25) is 0 Å². The lowest BCUT2D eigenvalue weighted by Gasteiger charge is -2.25. The molecular formula is C51H42N2. The third-order valence-electron chi connectivity index (χ3n) is 9.80. The molecule has 0 aromatic heterocycles. The maximum Gasteiger partial charge on any atom is 0.0468 e. The van der Waals surface area contributed by atoms with Gasteiger partial charge in [0.1, 0.15) is 0 Å². The van der Waals surface area contributed by atoms with E-state index in [1.165, 1.54) is 33.0 Å². The number of rotatable bonds is 10. The standard InChI is InChI=1S/C51H42N2/c1-38(2)40-25-27-41(28-26-40)51(42-29-32-49(33-30-42)52(45-15-7-3-8-16-45)46-17-9-4-10-18-46)36-39-23-24-44-37-50(34-31-43(44)35-39)53(47-19-11-5-12-20-47)48-21-13-6-14-22-48/h3-38H,1-2H3. The van der Waals surface area contributed by atoms with Crippen molar-refractivity contribution in [2.75, 3.05) is 9.80 Å². The van der Waals surface area contributed by atoms with Crippen LogP contribution in [-0.4, -0.2) is 0 Å². The predicted octanol–water partition coefficient (Wildman–Crippen LogP) is 14.5. The molecule has 256 valence electrons. The first-order valence-corrected chi connectivity index (χ1v) is 18.4. The minimum Gasteiger partial charge on any atom is -0.311 e. The van der Waals surface area contributed by atoms with Gasteiger partial charge in [-0.25, -0.2) is 0 Å². The van der Waals surface area contributed by atoms with Gasteiger partial charge in [0.2, 0.25) is 0 Å². The van der Waals surface area contributed by atoms with Crippen molar-refractivity contribution >= 4 is 56.5 Å². The minimum atomic E-state index is 0.475. The number of hydrogen-bond acceptors (Lipinski definition) is 2. The topological polar surface area (TPSA) is 6.48 Å². The largest absolute Gasteiger partial charge is 0.311 e. The van der Waals surface area contributed by atoms with E-state index in [0.717, 1.165) is 39.7 Å². The SMILES string of the molecule is CC(C)c1ccc(C(=Cc2ccc3cc(N(c4ccccc4)c4ccccc4)ccc3c2)c2ccc(N(c3ccccc3)c3ccccc3)cc2)cc1. The average molecular weight is 683 g/mol. The molecule has 0 saturated carbocycles. The second-order valence-corrected chi connectivity index (χ2v) is 13.7. The highest BCUT2D eigenvalue weighted by Gasteiger charge is 2.15. The second-order valence-electron chi connectivity index (χ2n) is 13.7. The molecule has 8 aromatic carbocycles. The molecule has 0 fully saturated rings. The lowest BCUT2D eigenvalue weighted by Crippen LogP contribution is -2.09. The van der Waals surface area contributed by atoms with Gasteiger partial charge in [0.05, 0.1) is 0 Å². The molecule has 0 atom stereocenters. The summed E-state index contributed by atoms with van der Waals surface area (Å²) in [6.45, 7) is 4.49. The molecule has 8 rings (SSSR count). The van der Waals surface area contributed by atoms with E-state index in [0.29, 0.717) is 5.92 Å². The molecule has 0 amide bonds. The molecule has 0 bridgehead atoms. The minimum absolute atomic E-state index is 0.475. The third-order valence-corrected chi connectivity index (χ3v) is 9.80. The van der Waals surface area contributed by atoms with Crippen LogP contribution in [0.25, 0.3) is 22.4 Å². The van der Waals surface area contributed by atoms with Crippen molar-refractivity contribution in [3.8, 4) is 0 Å². The first-order chi connectivity index (χ1) is 26.1. The highest BCUT2D eigenvalue weighted by Crippen LogP contribution is 2.38. The Labute approximate surface area is 313 Å². The normalized spacial score (nSPS) is 11.5. The molecule has 0 aliphatic heterocycles. The summed E-state index contributed by atoms with van der Waals surface area (Å²) < 4.78 is 0. The molecule has 8 aromatic rings. The van der Waals surface area contributed by atoms with Gasteiger partial charge in [0.25, 0.3) is 0 Å². The van der Waals surface area contributed by atoms with E-state index >= 15 is 0 Å². The van der Waals surface area contributed by atoms with E-state index in [4.69, 9.17) is 0 Å². The summed E-state index contributed by atoms with van der Waals surface area (Å²) >= 11 is 0. The van der Waals surface area contributed by atoms with Crippen LogP contribution in [0.15, 0.2) is 206 Å². The van der Waals surface area contributed by atoms with E-state index < -0.39 is 0 Å². The van der Waals surface area contributed by atoms with E-state index in [2.05, 4.69) is 236 Å². The van der Waals surface area contributed by atoms with Crippen LogP contribution in [0.3, 0.4) is 0 Å². The first-order valence-electron chi connectivity index (χ1n) is 18.4. The van der Waals surface area contributed by atoms with Crippen LogP contribution < -0.4 is 9.80 Å². The van der Waals surface area contributed by atoms with Crippen molar-refractivity contribution in [1.82, 2.24) is 0 Å². The number of benzene rings is 8. The summed E-state index contributed by atoms with van der Waals surface area (Å²) in [4.78, 5) is 4.62. The molecule has 0 spiro atoms. The Kier molecular flexibility index (Phi) is 9.68. The molecule has 53 heavy (non-hydrogen) atoms. The van der Waals surface area contributed by atoms with Gasteiger partial charge >= 0.3 is 0 Å². The lowest BCUT2D eigenvalue weighted by atomic mass is 9.92. The molecule has 2 nitrogen and oxygen atoms in total. The fourth-order valence-electron chi connectivity index (χ4n) is 7.02. The number of para-hydroxylation sites is 4. The van der Waals surface area contributed by atoms with E-state index in [-0.39, 0.29) is 0 Å². The second kappa shape index (κ2) is 15.3. The summed E-state index contributed by atoms with van der Waals surface area (Å²) in [5.41, 5.74) is 12.8. The zero-order chi connectivity index (χ0) is 36.0. The van der Waals surface area contributed by atoms with Crippen LogP contribution >= 0.6 is 0 Å². The van der Waals surface area contributed by atoms with Crippen LogP contribution in [0.2, 0.25) is 0 Å². The molecule has 0 saturated heterocycles. The van der Waals surface area contributed by atoms with E-state index in [1.54, 1.807) is 0 Å². The quantitative estimate of drug-likeness (QED) is 0.133. The molecule has 0 radical (unpaired) electrons. The first kappa shape index (κ1) is 33.5. The number of anilines is 6. The summed E-state index contributed by atoms with van der Waals surface area (Å²) in [7, 11) is 0. The molecule has 0 unspecified atom stereocenters. The number of hydrogen-bond donors (Lipinski definition) is 0. The third kappa shape index (κ3) is 7.40. The predicted molar refractivity (Wildman–Crippen MR) is 227 cm³/mol.